The van der Waals surface area contributed by atoms with Crippen LogP contribution in [0.3, 0.4) is 0 Å². The van der Waals surface area contributed by atoms with Gasteiger partial charge in [-0.05, 0) is 62.4 Å². The zero-order valence-electron chi connectivity index (χ0n) is 13.9. The SMILES string of the molecule is CNc1ccc(Sc2ccc(Nc3nc(C)nc(C)n3)cc2)cc1. The lowest BCUT2D eigenvalue weighted by Gasteiger charge is -2.07. The first-order chi connectivity index (χ1) is 11.6. The fourth-order valence-electron chi connectivity index (χ4n) is 2.23. The van der Waals surface area contributed by atoms with Crippen LogP contribution >= 0.6 is 11.8 Å². The van der Waals surface area contributed by atoms with Gasteiger partial charge in [0.2, 0.25) is 5.95 Å². The smallest absolute Gasteiger partial charge is 0.230 e. The highest BCUT2D eigenvalue weighted by atomic mass is 32.2. The summed E-state index contributed by atoms with van der Waals surface area (Å²) in [4.78, 5) is 15.1. The largest absolute Gasteiger partial charge is 0.388 e. The van der Waals surface area contributed by atoms with Gasteiger partial charge in [-0.3, -0.25) is 0 Å². The molecule has 1 aromatic heterocycles. The van der Waals surface area contributed by atoms with Crippen molar-refractivity contribution in [2.45, 2.75) is 23.6 Å². The predicted molar refractivity (Wildman–Crippen MR) is 99.1 cm³/mol. The van der Waals surface area contributed by atoms with E-state index in [1.54, 1.807) is 11.8 Å². The van der Waals surface area contributed by atoms with E-state index < -0.39 is 0 Å². The summed E-state index contributed by atoms with van der Waals surface area (Å²) >= 11 is 1.73. The van der Waals surface area contributed by atoms with Gasteiger partial charge in [0.25, 0.3) is 0 Å². The molecule has 0 aliphatic carbocycles. The van der Waals surface area contributed by atoms with Crippen molar-refractivity contribution in [1.29, 1.82) is 0 Å². The van der Waals surface area contributed by atoms with Crippen molar-refractivity contribution in [3.8, 4) is 0 Å². The normalized spacial score (nSPS) is 10.5. The van der Waals surface area contributed by atoms with Gasteiger partial charge < -0.3 is 10.6 Å². The van der Waals surface area contributed by atoms with Crippen molar-refractivity contribution in [2.75, 3.05) is 17.7 Å². The first-order valence-corrected chi connectivity index (χ1v) is 8.46. The van der Waals surface area contributed by atoms with E-state index in [1.807, 2.05) is 33.0 Å². The van der Waals surface area contributed by atoms with Gasteiger partial charge in [0.05, 0.1) is 0 Å². The Bertz CT molecular complexity index is 796. The predicted octanol–water partition coefficient (Wildman–Crippen LogP) is 4.42. The first-order valence-electron chi connectivity index (χ1n) is 7.64. The van der Waals surface area contributed by atoms with E-state index in [4.69, 9.17) is 0 Å². The number of rotatable bonds is 5. The Morgan fingerprint density at radius 1 is 0.708 bits per heavy atom. The minimum Gasteiger partial charge on any atom is -0.388 e. The molecule has 122 valence electrons. The fourth-order valence-corrected chi connectivity index (χ4v) is 3.05. The minimum atomic E-state index is 0.572. The van der Waals surface area contributed by atoms with Gasteiger partial charge in [0.15, 0.2) is 0 Å². The van der Waals surface area contributed by atoms with Crippen LogP contribution in [0.4, 0.5) is 17.3 Å². The van der Waals surface area contributed by atoms with Crippen LogP contribution in [0, 0.1) is 13.8 Å². The van der Waals surface area contributed by atoms with Gasteiger partial charge in [0.1, 0.15) is 11.6 Å². The molecule has 0 aliphatic rings. The third-order valence-electron chi connectivity index (χ3n) is 3.35. The molecule has 0 atom stereocenters. The fraction of sp³-hybridized carbons (Fsp3) is 0.167. The Morgan fingerprint density at radius 2 is 1.21 bits per heavy atom. The Hall–Kier alpha value is -2.60. The van der Waals surface area contributed by atoms with Crippen molar-refractivity contribution in [1.82, 2.24) is 15.0 Å². The Morgan fingerprint density at radius 3 is 1.71 bits per heavy atom. The van der Waals surface area contributed by atoms with Crippen LogP contribution < -0.4 is 10.6 Å². The molecular formula is C18H19N5S. The molecule has 0 amide bonds. The highest BCUT2D eigenvalue weighted by Crippen LogP contribution is 2.29. The molecule has 5 nitrogen and oxygen atoms in total. The molecule has 3 rings (SSSR count). The number of hydrogen-bond acceptors (Lipinski definition) is 6. The molecule has 24 heavy (non-hydrogen) atoms. The van der Waals surface area contributed by atoms with Crippen molar-refractivity contribution in [2.24, 2.45) is 0 Å². The number of nitrogens with zero attached hydrogens (tertiary/aromatic N) is 3. The summed E-state index contributed by atoms with van der Waals surface area (Å²) in [5, 5.41) is 6.33. The van der Waals surface area contributed by atoms with E-state index >= 15 is 0 Å². The summed E-state index contributed by atoms with van der Waals surface area (Å²) < 4.78 is 0. The van der Waals surface area contributed by atoms with E-state index in [0.717, 1.165) is 11.4 Å². The zero-order chi connectivity index (χ0) is 16.9. The van der Waals surface area contributed by atoms with E-state index in [9.17, 15) is 0 Å². The van der Waals surface area contributed by atoms with Crippen molar-refractivity contribution >= 4 is 29.1 Å². The lowest BCUT2D eigenvalue weighted by atomic mass is 10.3. The van der Waals surface area contributed by atoms with Crippen LogP contribution in [0.2, 0.25) is 0 Å². The molecule has 0 bridgehead atoms. The number of aryl methyl sites for hydroxylation is 2. The van der Waals surface area contributed by atoms with Gasteiger partial charge in [-0.25, -0.2) is 4.98 Å². The van der Waals surface area contributed by atoms with Crippen LogP contribution in [0.1, 0.15) is 11.6 Å². The third kappa shape index (κ3) is 4.23. The first kappa shape index (κ1) is 16.3. The molecule has 3 aromatic rings. The topological polar surface area (TPSA) is 62.7 Å². The summed E-state index contributed by atoms with van der Waals surface area (Å²) in [5.74, 6) is 1.99. The quantitative estimate of drug-likeness (QED) is 0.718. The number of anilines is 3. The molecule has 0 unspecified atom stereocenters. The van der Waals surface area contributed by atoms with E-state index in [1.165, 1.54) is 9.79 Å². The number of aromatic nitrogens is 3. The molecule has 2 N–H and O–H groups in total. The molecule has 0 saturated heterocycles. The second kappa shape index (κ2) is 7.31. The summed E-state index contributed by atoms with van der Waals surface area (Å²) in [7, 11) is 1.92. The summed E-state index contributed by atoms with van der Waals surface area (Å²) in [6, 6.07) is 16.6. The van der Waals surface area contributed by atoms with E-state index in [-0.39, 0.29) is 0 Å². The van der Waals surface area contributed by atoms with Crippen molar-refractivity contribution < 1.29 is 0 Å². The van der Waals surface area contributed by atoms with E-state index in [0.29, 0.717) is 17.6 Å². The molecule has 0 aliphatic heterocycles. The van der Waals surface area contributed by atoms with Gasteiger partial charge >= 0.3 is 0 Å². The molecule has 0 saturated carbocycles. The maximum atomic E-state index is 4.29. The highest BCUT2D eigenvalue weighted by molar-refractivity contribution is 7.99. The molecular weight excluding hydrogens is 318 g/mol. The second-order valence-corrected chi connectivity index (χ2v) is 6.43. The third-order valence-corrected chi connectivity index (χ3v) is 4.36. The Balaban J connectivity index is 1.68. The van der Waals surface area contributed by atoms with Gasteiger partial charge in [-0.1, -0.05) is 11.8 Å². The Labute approximate surface area is 146 Å². The number of benzene rings is 2. The maximum Gasteiger partial charge on any atom is 0.230 e. The van der Waals surface area contributed by atoms with Gasteiger partial charge in [-0.15, -0.1) is 0 Å². The standard InChI is InChI=1S/C18H19N5S/c1-12-20-13(2)22-18(21-12)23-15-6-10-17(11-7-15)24-16-8-4-14(19-3)5-9-16/h4-11,19H,1-3H3,(H,20,21,22,23). The van der Waals surface area contributed by atoms with Crippen LogP contribution in [-0.2, 0) is 0 Å². The van der Waals surface area contributed by atoms with Crippen molar-refractivity contribution in [3.63, 3.8) is 0 Å². The second-order valence-electron chi connectivity index (χ2n) is 5.28. The van der Waals surface area contributed by atoms with Crippen molar-refractivity contribution in [3.05, 3.63) is 60.2 Å². The Kier molecular flexibility index (Phi) is 4.96. The summed E-state index contributed by atoms with van der Waals surface area (Å²) in [5.41, 5.74) is 2.07. The molecule has 0 radical (unpaired) electrons. The summed E-state index contributed by atoms with van der Waals surface area (Å²) in [6.07, 6.45) is 0. The lowest BCUT2D eigenvalue weighted by Crippen LogP contribution is -2.02. The van der Waals surface area contributed by atoms with Gasteiger partial charge in [0, 0.05) is 28.2 Å². The van der Waals surface area contributed by atoms with Crippen LogP contribution in [-0.4, -0.2) is 22.0 Å². The number of nitrogens with one attached hydrogen (secondary N) is 2. The maximum absolute atomic E-state index is 4.29. The average molecular weight is 337 g/mol. The molecule has 1 heterocycles. The number of hydrogen-bond donors (Lipinski definition) is 2. The van der Waals surface area contributed by atoms with Crippen LogP contribution in [0.15, 0.2) is 58.3 Å². The van der Waals surface area contributed by atoms with Crippen LogP contribution in [0.25, 0.3) is 0 Å². The molecule has 2 aromatic carbocycles. The monoisotopic (exact) mass is 337 g/mol. The molecule has 6 heteroatoms. The molecule has 0 fully saturated rings. The van der Waals surface area contributed by atoms with E-state index in [2.05, 4.69) is 62.0 Å². The lowest BCUT2D eigenvalue weighted by molar-refractivity contribution is 0.928. The summed E-state index contributed by atoms with van der Waals surface area (Å²) in [6.45, 7) is 3.72. The molecule has 0 spiro atoms. The zero-order valence-corrected chi connectivity index (χ0v) is 14.7. The average Bonchev–Trinajstić information content (AvgIpc) is 2.56. The minimum absolute atomic E-state index is 0.572. The van der Waals surface area contributed by atoms with Gasteiger partial charge in [-0.2, -0.15) is 9.97 Å². The highest BCUT2D eigenvalue weighted by Gasteiger charge is 2.02. The van der Waals surface area contributed by atoms with Crippen LogP contribution in [0.5, 0.6) is 0 Å².